The van der Waals surface area contributed by atoms with Gasteiger partial charge in [0.15, 0.2) is 0 Å². The molecule has 0 bridgehead atoms. The van der Waals surface area contributed by atoms with E-state index in [1.165, 1.54) is 19.2 Å². The van der Waals surface area contributed by atoms with Crippen molar-refractivity contribution < 1.29 is 28.2 Å². The first kappa shape index (κ1) is 16.7. The zero-order valence-electron chi connectivity index (χ0n) is 10.5. The number of carboxylic acid groups (broad SMARTS) is 1. The highest BCUT2D eigenvalue weighted by atomic mass is 35.5. The Balaban J connectivity index is 3.04. The van der Waals surface area contributed by atoms with Crippen molar-refractivity contribution in [2.45, 2.75) is 17.4 Å². The highest BCUT2D eigenvalue weighted by Crippen LogP contribution is 2.26. The first-order valence-electron chi connectivity index (χ1n) is 5.51. The summed E-state index contributed by atoms with van der Waals surface area (Å²) in [4.78, 5) is 10.7. The van der Waals surface area contributed by atoms with Crippen LogP contribution in [-0.4, -0.2) is 44.4 Å². The molecule has 1 aromatic rings. The average Bonchev–Trinajstić information content (AvgIpc) is 2.37. The van der Waals surface area contributed by atoms with E-state index in [0.717, 1.165) is 6.07 Å². The number of hydrogen-bond acceptors (Lipinski definition) is 5. The maximum absolute atomic E-state index is 12.0. The number of methoxy groups -OCH3 is 1. The molecule has 112 valence electrons. The summed E-state index contributed by atoms with van der Waals surface area (Å²) in [5.74, 6) is -1.07. The monoisotopic (exact) mass is 323 g/mol. The summed E-state index contributed by atoms with van der Waals surface area (Å²) in [6, 6.07) is 2.34. The van der Waals surface area contributed by atoms with Gasteiger partial charge in [0, 0.05) is 6.61 Å². The van der Waals surface area contributed by atoms with Crippen LogP contribution < -0.4 is 9.46 Å². The molecule has 20 heavy (non-hydrogen) atoms. The number of benzene rings is 1. The van der Waals surface area contributed by atoms with Crippen LogP contribution in [0.2, 0.25) is 5.02 Å². The molecule has 0 aromatic heterocycles. The van der Waals surface area contributed by atoms with Gasteiger partial charge < -0.3 is 14.9 Å². The lowest BCUT2D eigenvalue weighted by Crippen LogP contribution is -2.41. The number of aliphatic hydroxyl groups excluding tert-OH is 1. The lowest BCUT2D eigenvalue weighted by molar-refractivity contribution is -0.139. The number of hydrogen-bond donors (Lipinski definition) is 3. The Bertz CT molecular complexity index is 589. The smallest absolute Gasteiger partial charge is 0.321 e. The Hall–Kier alpha value is -1.35. The number of aliphatic carboxylic acids is 1. The second kappa shape index (κ2) is 6.89. The van der Waals surface area contributed by atoms with Crippen molar-refractivity contribution in [2.75, 3.05) is 13.7 Å². The maximum Gasteiger partial charge on any atom is 0.321 e. The van der Waals surface area contributed by atoms with Gasteiger partial charge >= 0.3 is 5.97 Å². The van der Waals surface area contributed by atoms with Crippen molar-refractivity contribution >= 4 is 27.6 Å². The topological polar surface area (TPSA) is 113 Å². The van der Waals surface area contributed by atoms with Crippen LogP contribution in [0.25, 0.3) is 0 Å². The van der Waals surface area contributed by atoms with Crippen molar-refractivity contribution in [1.29, 1.82) is 0 Å². The molecule has 0 aliphatic heterocycles. The summed E-state index contributed by atoms with van der Waals surface area (Å²) in [5.41, 5.74) is 0. The Morgan fingerprint density at radius 3 is 2.60 bits per heavy atom. The van der Waals surface area contributed by atoms with Crippen LogP contribution >= 0.6 is 11.6 Å². The molecule has 0 heterocycles. The number of carboxylic acids is 1. The van der Waals surface area contributed by atoms with E-state index < -0.39 is 28.6 Å². The van der Waals surface area contributed by atoms with Gasteiger partial charge in [-0.1, -0.05) is 11.6 Å². The third kappa shape index (κ3) is 4.07. The fourth-order valence-electron chi connectivity index (χ4n) is 1.43. The molecule has 7 nitrogen and oxygen atoms in total. The molecule has 1 atom stereocenters. The van der Waals surface area contributed by atoms with E-state index >= 15 is 0 Å². The van der Waals surface area contributed by atoms with Crippen LogP contribution in [0.5, 0.6) is 5.75 Å². The van der Waals surface area contributed by atoms with E-state index in [9.17, 15) is 13.2 Å². The molecule has 1 unspecified atom stereocenters. The van der Waals surface area contributed by atoms with Crippen LogP contribution in [0.3, 0.4) is 0 Å². The number of aliphatic hydroxyl groups is 1. The Morgan fingerprint density at radius 1 is 1.50 bits per heavy atom. The summed E-state index contributed by atoms with van der Waals surface area (Å²) in [6.45, 7) is -0.456. The number of carbonyl (C=O) groups is 1. The molecule has 0 saturated heterocycles. The van der Waals surface area contributed by atoms with Gasteiger partial charge in [0.25, 0.3) is 0 Å². The first-order valence-corrected chi connectivity index (χ1v) is 7.37. The normalized spacial score (nSPS) is 12.9. The minimum Gasteiger partial charge on any atom is -0.495 e. The summed E-state index contributed by atoms with van der Waals surface area (Å²) >= 11 is 5.82. The van der Waals surface area contributed by atoms with Crippen LogP contribution in [-0.2, 0) is 14.8 Å². The van der Waals surface area contributed by atoms with Gasteiger partial charge in [-0.2, -0.15) is 4.72 Å². The highest BCUT2D eigenvalue weighted by Gasteiger charge is 2.25. The molecule has 0 saturated carbocycles. The van der Waals surface area contributed by atoms with Crippen molar-refractivity contribution in [2.24, 2.45) is 0 Å². The van der Waals surface area contributed by atoms with Gasteiger partial charge in [-0.3, -0.25) is 4.79 Å². The van der Waals surface area contributed by atoms with E-state index in [-0.39, 0.29) is 16.3 Å². The standard InChI is InChI=1S/C11H14ClNO6S/c1-19-10-3-2-7(6-8(10)12)20(17,18)13-9(4-5-14)11(15)16/h2-3,6,9,13-14H,4-5H2,1H3,(H,15,16). The van der Waals surface area contributed by atoms with Gasteiger partial charge in [-0.25, -0.2) is 8.42 Å². The summed E-state index contributed by atoms with van der Waals surface area (Å²) < 4.78 is 30.9. The van der Waals surface area contributed by atoms with Crippen molar-refractivity contribution in [3.8, 4) is 5.75 Å². The molecule has 3 N–H and O–H groups in total. The third-order valence-corrected chi connectivity index (χ3v) is 4.21. The van der Waals surface area contributed by atoms with E-state index in [0.29, 0.717) is 5.75 Å². The predicted octanol–water partition coefficient (Wildman–Crippen LogP) is 0.462. The van der Waals surface area contributed by atoms with Crippen LogP contribution in [0.15, 0.2) is 23.1 Å². The summed E-state index contributed by atoms with van der Waals surface area (Å²) in [5, 5.41) is 17.7. The van der Waals surface area contributed by atoms with E-state index in [4.69, 9.17) is 26.6 Å². The van der Waals surface area contributed by atoms with E-state index in [2.05, 4.69) is 0 Å². The Morgan fingerprint density at radius 2 is 2.15 bits per heavy atom. The number of halogens is 1. The highest BCUT2D eigenvalue weighted by molar-refractivity contribution is 7.89. The van der Waals surface area contributed by atoms with Gasteiger partial charge in [-0.15, -0.1) is 0 Å². The molecule has 0 spiro atoms. The van der Waals surface area contributed by atoms with E-state index in [1.807, 2.05) is 4.72 Å². The molecule has 1 aromatic carbocycles. The van der Waals surface area contributed by atoms with Gasteiger partial charge in [0.2, 0.25) is 10.0 Å². The van der Waals surface area contributed by atoms with Gasteiger partial charge in [0.05, 0.1) is 17.0 Å². The molecular formula is C11H14ClNO6S. The van der Waals surface area contributed by atoms with E-state index in [1.54, 1.807) is 0 Å². The van der Waals surface area contributed by atoms with Gasteiger partial charge in [-0.05, 0) is 24.6 Å². The second-order valence-electron chi connectivity index (χ2n) is 3.82. The summed E-state index contributed by atoms with van der Waals surface area (Å²) in [7, 11) is -2.67. The SMILES string of the molecule is COc1ccc(S(=O)(=O)NC(CCO)C(=O)O)cc1Cl. The lowest BCUT2D eigenvalue weighted by Gasteiger charge is -2.14. The first-order chi connectivity index (χ1) is 9.31. The van der Waals surface area contributed by atoms with Crippen LogP contribution in [0, 0.1) is 0 Å². The Kier molecular flexibility index (Phi) is 5.75. The van der Waals surface area contributed by atoms with Gasteiger partial charge in [0.1, 0.15) is 11.8 Å². The molecule has 0 fully saturated rings. The predicted molar refractivity (Wildman–Crippen MR) is 71.5 cm³/mol. The van der Waals surface area contributed by atoms with Crippen LogP contribution in [0.4, 0.5) is 0 Å². The molecule has 0 radical (unpaired) electrons. The third-order valence-electron chi connectivity index (χ3n) is 2.45. The van der Waals surface area contributed by atoms with Crippen LogP contribution in [0.1, 0.15) is 6.42 Å². The molecule has 0 amide bonds. The Labute approximate surface area is 121 Å². The molecular weight excluding hydrogens is 310 g/mol. The number of rotatable bonds is 7. The number of nitrogens with one attached hydrogen (secondary N) is 1. The molecule has 1 rings (SSSR count). The number of ether oxygens (including phenoxy) is 1. The minimum absolute atomic E-state index is 0.0874. The lowest BCUT2D eigenvalue weighted by atomic mass is 10.2. The van der Waals surface area contributed by atoms with Crippen molar-refractivity contribution in [3.63, 3.8) is 0 Å². The maximum atomic E-state index is 12.0. The zero-order chi connectivity index (χ0) is 15.3. The minimum atomic E-state index is -4.06. The molecule has 0 aliphatic carbocycles. The molecule has 0 aliphatic rings. The number of sulfonamides is 1. The molecule has 9 heteroatoms. The fraction of sp³-hybridized carbons (Fsp3) is 0.364. The quantitative estimate of drug-likeness (QED) is 0.672. The average molecular weight is 324 g/mol. The fourth-order valence-corrected chi connectivity index (χ4v) is 3.00. The van der Waals surface area contributed by atoms with Crippen molar-refractivity contribution in [1.82, 2.24) is 4.72 Å². The summed E-state index contributed by atoms with van der Waals surface area (Å²) in [6.07, 6.45) is -0.238. The largest absolute Gasteiger partial charge is 0.495 e. The van der Waals surface area contributed by atoms with Crippen molar-refractivity contribution in [3.05, 3.63) is 23.2 Å². The second-order valence-corrected chi connectivity index (χ2v) is 5.94. The zero-order valence-corrected chi connectivity index (χ0v) is 12.1.